The Hall–Kier alpha value is -3.65. The minimum atomic E-state index is -0.502. The van der Waals surface area contributed by atoms with Crippen LogP contribution in [-0.2, 0) is 11.4 Å². The van der Waals surface area contributed by atoms with Crippen LogP contribution in [0.25, 0.3) is 11.5 Å². The molecule has 0 radical (unpaired) electrons. The van der Waals surface area contributed by atoms with Crippen molar-refractivity contribution in [1.82, 2.24) is 10.2 Å². The molecule has 32 heavy (non-hydrogen) atoms. The summed E-state index contributed by atoms with van der Waals surface area (Å²) in [6.07, 6.45) is 0. The summed E-state index contributed by atoms with van der Waals surface area (Å²) in [6, 6.07) is 23.2. The number of nitrogens with one attached hydrogen (secondary N) is 1. The standard InChI is InChI=1S/C24H20FN3O3S/c1-16(32-24-28-27-23(31-24)20-9-5-6-10-21(20)25)22(29)26-18-11-13-19(14-12-18)30-15-17-7-3-2-4-8-17/h2-14,16H,15H2,1H3,(H,26,29). The highest BCUT2D eigenvalue weighted by Crippen LogP contribution is 2.28. The van der Waals surface area contributed by atoms with Gasteiger partial charge in [-0.2, -0.15) is 0 Å². The van der Waals surface area contributed by atoms with Crippen molar-refractivity contribution in [3.8, 4) is 17.2 Å². The van der Waals surface area contributed by atoms with Crippen LogP contribution in [0.15, 0.2) is 88.5 Å². The lowest BCUT2D eigenvalue weighted by atomic mass is 10.2. The van der Waals surface area contributed by atoms with Crippen LogP contribution in [0.3, 0.4) is 0 Å². The smallest absolute Gasteiger partial charge is 0.277 e. The molecule has 4 aromatic rings. The first-order valence-electron chi connectivity index (χ1n) is 9.91. The van der Waals surface area contributed by atoms with Gasteiger partial charge in [-0.15, -0.1) is 10.2 Å². The summed E-state index contributed by atoms with van der Waals surface area (Å²) in [5, 5.41) is 10.3. The predicted octanol–water partition coefficient (Wildman–Crippen LogP) is 5.57. The van der Waals surface area contributed by atoms with E-state index >= 15 is 0 Å². The van der Waals surface area contributed by atoms with Gasteiger partial charge in [-0.3, -0.25) is 4.79 Å². The molecule has 0 aliphatic carbocycles. The summed E-state index contributed by atoms with van der Waals surface area (Å²) in [7, 11) is 0. The number of carbonyl (C=O) groups is 1. The Balaban J connectivity index is 1.30. The van der Waals surface area contributed by atoms with Gasteiger partial charge in [0.15, 0.2) is 0 Å². The lowest BCUT2D eigenvalue weighted by Crippen LogP contribution is -2.22. The molecule has 162 valence electrons. The number of carbonyl (C=O) groups excluding carboxylic acids is 1. The molecule has 6 nitrogen and oxygen atoms in total. The van der Waals surface area contributed by atoms with Crippen LogP contribution in [0.2, 0.25) is 0 Å². The van der Waals surface area contributed by atoms with E-state index < -0.39 is 11.1 Å². The maximum atomic E-state index is 13.9. The Morgan fingerprint density at radius 2 is 1.75 bits per heavy atom. The third-order valence-corrected chi connectivity index (χ3v) is 5.46. The number of benzene rings is 3. The zero-order valence-corrected chi connectivity index (χ0v) is 18.0. The number of rotatable bonds is 8. The lowest BCUT2D eigenvalue weighted by molar-refractivity contribution is -0.115. The molecule has 1 N–H and O–H groups in total. The third-order valence-electron chi connectivity index (χ3n) is 4.53. The van der Waals surface area contributed by atoms with E-state index in [4.69, 9.17) is 9.15 Å². The van der Waals surface area contributed by atoms with Gasteiger partial charge >= 0.3 is 0 Å². The summed E-state index contributed by atoms with van der Waals surface area (Å²) in [5.74, 6) is 0.110. The minimum Gasteiger partial charge on any atom is -0.489 e. The molecule has 0 aliphatic heterocycles. The molecule has 1 amide bonds. The topological polar surface area (TPSA) is 77.2 Å². The molecule has 8 heteroatoms. The molecule has 3 aromatic carbocycles. The number of hydrogen-bond acceptors (Lipinski definition) is 6. The van der Waals surface area contributed by atoms with E-state index in [-0.39, 0.29) is 22.6 Å². The first kappa shape index (κ1) is 21.6. The number of ether oxygens (including phenoxy) is 1. The fourth-order valence-electron chi connectivity index (χ4n) is 2.82. The average molecular weight is 450 g/mol. The molecule has 0 bridgehead atoms. The largest absolute Gasteiger partial charge is 0.489 e. The van der Waals surface area contributed by atoms with Crippen LogP contribution < -0.4 is 10.1 Å². The number of anilines is 1. The van der Waals surface area contributed by atoms with Crippen LogP contribution in [0.4, 0.5) is 10.1 Å². The molecule has 1 atom stereocenters. The first-order valence-corrected chi connectivity index (χ1v) is 10.8. The van der Waals surface area contributed by atoms with Crippen LogP contribution >= 0.6 is 11.8 Å². The molecule has 4 rings (SSSR count). The van der Waals surface area contributed by atoms with Crippen LogP contribution in [0.5, 0.6) is 5.75 Å². The van der Waals surface area contributed by atoms with Gasteiger partial charge < -0.3 is 14.5 Å². The van der Waals surface area contributed by atoms with Gasteiger partial charge in [-0.1, -0.05) is 54.2 Å². The van der Waals surface area contributed by atoms with E-state index in [1.54, 1.807) is 49.4 Å². The highest BCUT2D eigenvalue weighted by molar-refractivity contribution is 8.00. The highest BCUT2D eigenvalue weighted by Gasteiger charge is 2.20. The van der Waals surface area contributed by atoms with Gasteiger partial charge in [0.25, 0.3) is 11.1 Å². The maximum absolute atomic E-state index is 13.9. The SMILES string of the molecule is CC(Sc1nnc(-c2ccccc2F)o1)C(=O)Nc1ccc(OCc2ccccc2)cc1. The van der Waals surface area contributed by atoms with Crippen molar-refractivity contribution in [3.63, 3.8) is 0 Å². The predicted molar refractivity (Wildman–Crippen MR) is 121 cm³/mol. The molecule has 0 saturated heterocycles. The molecule has 1 aromatic heterocycles. The van der Waals surface area contributed by atoms with Crippen molar-refractivity contribution in [2.75, 3.05) is 5.32 Å². The Morgan fingerprint density at radius 3 is 2.50 bits per heavy atom. The van der Waals surface area contributed by atoms with Crippen molar-refractivity contribution in [2.45, 2.75) is 24.0 Å². The van der Waals surface area contributed by atoms with Crippen LogP contribution in [0.1, 0.15) is 12.5 Å². The number of hydrogen-bond donors (Lipinski definition) is 1. The zero-order valence-electron chi connectivity index (χ0n) is 17.2. The summed E-state index contributed by atoms with van der Waals surface area (Å²) < 4.78 is 25.1. The van der Waals surface area contributed by atoms with Gasteiger partial charge in [-0.25, -0.2) is 4.39 Å². The fourth-order valence-corrected chi connectivity index (χ4v) is 3.51. The second-order valence-electron chi connectivity index (χ2n) is 6.90. The summed E-state index contributed by atoms with van der Waals surface area (Å²) in [4.78, 5) is 12.5. The van der Waals surface area contributed by atoms with E-state index in [0.717, 1.165) is 17.3 Å². The third kappa shape index (κ3) is 5.53. The number of thioether (sulfide) groups is 1. The van der Waals surface area contributed by atoms with Crippen molar-refractivity contribution >= 4 is 23.4 Å². The Bertz CT molecular complexity index is 1180. The van der Waals surface area contributed by atoms with Gasteiger partial charge in [0.05, 0.1) is 10.8 Å². The zero-order chi connectivity index (χ0) is 22.3. The van der Waals surface area contributed by atoms with Crippen molar-refractivity contribution in [3.05, 3.63) is 90.2 Å². The number of amides is 1. The van der Waals surface area contributed by atoms with E-state index in [2.05, 4.69) is 15.5 Å². The molecular formula is C24H20FN3O3S. The number of halogens is 1. The number of nitrogens with zero attached hydrogens (tertiary/aromatic N) is 2. The van der Waals surface area contributed by atoms with Gasteiger partial charge in [-0.05, 0) is 48.9 Å². The fraction of sp³-hybridized carbons (Fsp3) is 0.125. The van der Waals surface area contributed by atoms with Crippen molar-refractivity contribution < 1.29 is 18.3 Å². The first-order chi connectivity index (χ1) is 15.6. The van der Waals surface area contributed by atoms with Crippen LogP contribution in [0, 0.1) is 5.82 Å². The van der Waals surface area contributed by atoms with E-state index in [1.807, 2.05) is 30.3 Å². The van der Waals surface area contributed by atoms with Gasteiger partial charge in [0.2, 0.25) is 5.91 Å². The molecule has 0 fully saturated rings. The van der Waals surface area contributed by atoms with Gasteiger partial charge in [0.1, 0.15) is 18.2 Å². The van der Waals surface area contributed by atoms with Crippen molar-refractivity contribution in [1.29, 1.82) is 0 Å². The quantitative estimate of drug-likeness (QED) is 0.354. The maximum Gasteiger partial charge on any atom is 0.277 e. The lowest BCUT2D eigenvalue weighted by Gasteiger charge is -2.11. The molecule has 1 unspecified atom stereocenters. The Labute approximate surface area is 188 Å². The van der Waals surface area contributed by atoms with Crippen molar-refractivity contribution in [2.24, 2.45) is 0 Å². The summed E-state index contributed by atoms with van der Waals surface area (Å²) >= 11 is 1.10. The molecular weight excluding hydrogens is 429 g/mol. The monoisotopic (exact) mass is 449 g/mol. The van der Waals surface area contributed by atoms with Crippen LogP contribution in [-0.4, -0.2) is 21.4 Å². The molecule has 0 spiro atoms. The second kappa shape index (κ2) is 10.1. The normalized spacial score (nSPS) is 11.7. The minimum absolute atomic E-state index is 0.0734. The Morgan fingerprint density at radius 1 is 1.03 bits per heavy atom. The summed E-state index contributed by atoms with van der Waals surface area (Å²) in [6.45, 7) is 2.20. The van der Waals surface area contributed by atoms with E-state index in [0.29, 0.717) is 18.0 Å². The molecule has 0 aliphatic rings. The summed E-state index contributed by atoms with van der Waals surface area (Å²) in [5.41, 5.74) is 1.94. The molecule has 0 saturated carbocycles. The average Bonchev–Trinajstić information content (AvgIpc) is 3.27. The van der Waals surface area contributed by atoms with E-state index in [1.165, 1.54) is 6.07 Å². The second-order valence-corrected chi connectivity index (χ2v) is 8.19. The van der Waals surface area contributed by atoms with E-state index in [9.17, 15) is 9.18 Å². The highest BCUT2D eigenvalue weighted by atomic mass is 32.2. The molecule has 1 heterocycles. The number of aromatic nitrogens is 2. The van der Waals surface area contributed by atoms with Gasteiger partial charge in [0, 0.05) is 5.69 Å². The Kier molecular flexibility index (Phi) is 6.81.